The fourth-order valence-electron chi connectivity index (χ4n) is 1.79. The smallest absolute Gasteiger partial charge is 0.143 e. The van der Waals surface area contributed by atoms with E-state index >= 15 is 0 Å². The van der Waals surface area contributed by atoms with Gasteiger partial charge in [0.05, 0.1) is 6.61 Å². The van der Waals surface area contributed by atoms with Gasteiger partial charge < -0.3 is 4.74 Å². The second-order valence-electron chi connectivity index (χ2n) is 4.37. The number of rotatable bonds is 5. The van der Waals surface area contributed by atoms with Gasteiger partial charge >= 0.3 is 0 Å². The molecule has 0 aliphatic rings. The Morgan fingerprint density at radius 3 is 2.30 bits per heavy atom. The van der Waals surface area contributed by atoms with E-state index in [2.05, 4.69) is 18.4 Å². The van der Waals surface area contributed by atoms with E-state index in [9.17, 15) is 0 Å². The highest BCUT2D eigenvalue weighted by Gasteiger charge is 2.07. The van der Waals surface area contributed by atoms with Gasteiger partial charge in [0, 0.05) is 5.56 Å². The maximum atomic E-state index is 5.85. The van der Waals surface area contributed by atoms with Crippen molar-refractivity contribution in [3.05, 3.63) is 84.4 Å². The van der Waals surface area contributed by atoms with Crippen LogP contribution in [0.5, 0.6) is 0 Å². The van der Waals surface area contributed by atoms with Gasteiger partial charge in [-0.3, -0.25) is 0 Å². The summed E-state index contributed by atoms with van der Waals surface area (Å²) in [5, 5.41) is 0. The first-order valence-corrected chi connectivity index (χ1v) is 6.74. The lowest BCUT2D eigenvalue weighted by Crippen LogP contribution is -2.03. The van der Waals surface area contributed by atoms with Crippen LogP contribution in [0.3, 0.4) is 0 Å². The summed E-state index contributed by atoms with van der Waals surface area (Å²) in [6.45, 7) is 4.34. The molecule has 1 atom stereocenters. The van der Waals surface area contributed by atoms with Crippen LogP contribution in [-0.4, -0.2) is 6.61 Å². The summed E-state index contributed by atoms with van der Waals surface area (Å²) in [7, 11) is 0. The van der Waals surface area contributed by atoms with E-state index in [0.717, 1.165) is 17.5 Å². The van der Waals surface area contributed by atoms with E-state index in [1.165, 1.54) is 0 Å². The van der Waals surface area contributed by atoms with E-state index < -0.39 is 0 Å². The van der Waals surface area contributed by atoms with Crippen LogP contribution in [-0.2, 0) is 4.74 Å². The molecule has 1 heteroatoms. The second kappa shape index (κ2) is 7.99. The lowest BCUT2D eigenvalue weighted by atomic mass is 10.1. The first kappa shape index (κ1) is 14.1. The Morgan fingerprint density at radius 1 is 1.00 bits per heavy atom. The molecular weight excluding hydrogens is 244 g/mol. The van der Waals surface area contributed by atoms with Crippen LogP contribution in [0.4, 0.5) is 0 Å². The van der Waals surface area contributed by atoms with Crippen LogP contribution in [0.2, 0.25) is 0 Å². The van der Waals surface area contributed by atoms with Crippen molar-refractivity contribution in [1.29, 1.82) is 0 Å². The van der Waals surface area contributed by atoms with Crippen molar-refractivity contribution in [2.24, 2.45) is 0 Å². The maximum Gasteiger partial charge on any atom is 0.143 e. The molecule has 0 aliphatic heterocycles. The summed E-state index contributed by atoms with van der Waals surface area (Å²) < 4.78 is 5.85. The molecule has 0 N–H and O–H groups in total. The minimum absolute atomic E-state index is 0.198. The lowest BCUT2D eigenvalue weighted by Gasteiger charge is -2.11. The summed E-state index contributed by atoms with van der Waals surface area (Å²) in [6, 6.07) is 20.0. The Labute approximate surface area is 120 Å². The molecule has 20 heavy (non-hydrogen) atoms. The molecule has 0 aromatic heterocycles. The summed E-state index contributed by atoms with van der Waals surface area (Å²) in [4.78, 5) is 0. The van der Waals surface area contributed by atoms with Gasteiger partial charge in [-0.25, -0.2) is 0 Å². The van der Waals surface area contributed by atoms with Gasteiger partial charge in [0.25, 0.3) is 0 Å². The molecule has 0 amide bonds. The van der Waals surface area contributed by atoms with Gasteiger partial charge in [-0.2, -0.15) is 0 Å². The molecule has 0 unspecified atom stereocenters. The van der Waals surface area contributed by atoms with Crippen LogP contribution in [0.15, 0.2) is 73.3 Å². The standard InChI is InChI=1S/C19H18O/c1-2-3-16-20-19(18-12-8-5-9-13-18)15-14-17-10-6-4-7-11-17/h2,4-13,19H,1,3,16H2/t19-/m1/s1. The topological polar surface area (TPSA) is 9.23 Å². The zero-order chi connectivity index (χ0) is 14.0. The first-order valence-electron chi connectivity index (χ1n) is 6.74. The Bertz CT molecular complexity index is 575. The maximum absolute atomic E-state index is 5.85. The SMILES string of the molecule is C=CCCO[C@H](C#Cc1ccccc1)c1ccccc1. The highest BCUT2D eigenvalue weighted by atomic mass is 16.5. The van der Waals surface area contributed by atoms with Crippen molar-refractivity contribution in [1.82, 2.24) is 0 Å². The Hall–Kier alpha value is -2.30. The monoisotopic (exact) mass is 262 g/mol. The summed E-state index contributed by atoms with van der Waals surface area (Å²) in [5.74, 6) is 6.37. The van der Waals surface area contributed by atoms with Crippen LogP contribution in [0, 0.1) is 11.8 Å². The van der Waals surface area contributed by atoms with Crippen molar-refractivity contribution in [2.45, 2.75) is 12.5 Å². The van der Waals surface area contributed by atoms with Crippen LogP contribution in [0.1, 0.15) is 23.7 Å². The van der Waals surface area contributed by atoms with Gasteiger partial charge in [0.15, 0.2) is 0 Å². The third-order valence-corrected chi connectivity index (χ3v) is 2.83. The molecule has 0 spiro atoms. The lowest BCUT2D eigenvalue weighted by molar-refractivity contribution is 0.0956. The molecule has 0 bridgehead atoms. The molecule has 1 nitrogen and oxygen atoms in total. The van der Waals surface area contributed by atoms with Crippen molar-refractivity contribution >= 4 is 0 Å². The molecular formula is C19H18O. The molecule has 100 valence electrons. The van der Waals surface area contributed by atoms with Crippen molar-refractivity contribution in [3.8, 4) is 11.8 Å². The Morgan fingerprint density at radius 2 is 1.65 bits per heavy atom. The fraction of sp³-hybridized carbons (Fsp3) is 0.158. The van der Waals surface area contributed by atoms with Crippen molar-refractivity contribution in [2.75, 3.05) is 6.61 Å². The average molecular weight is 262 g/mol. The number of ether oxygens (including phenoxy) is 1. The molecule has 0 saturated heterocycles. The van der Waals surface area contributed by atoms with Gasteiger partial charge in [-0.1, -0.05) is 66.4 Å². The Kier molecular flexibility index (Phi) is 5.64. The quantitative estimate of drug-likeness (QED) is 0.441. The molecule has 2 aromatic carbocycles. The predicted molar refractivity (Wildman–Crippen MR) is 83.3 cm³/mol. The highest BCUT2D eigenvalue weighted by molar-refractivity contribution is 5.36. The number of benzene rings is 2. The molecule has 0 aliphatic carbocycles. The van der Waals surface area contributed by atoms with Gasteiger partial charge in [-0.15, -0.1) is 6.58 Å². The van der Waals surface area contributed by atoms with E-state index in [4.69, 9.17) is 4.74 Å². The van der Waals surface area contributed by atoms with Crippen LogP contribution in [0.25, 0.3) is 0 Å². The molecule has 2 rings (SSSR count). The van der Waals surface area contributed by atoms with E-state index in [0.29, 0.717) is 6.61 Å². The van der Waals surface area contributed by atoms with Gasteiger partial charge in [-0.05, 0) is 24.1 Å². The molecule has 0 fully saturated rings. The zero-order valence-electron chi connectivity index (χ0n) is 11.5. The van der Waals surface area contributed by atoms with E-state index in [1.807, 2.05) is 66.7 Å². The third kappa shape index (κ3) is 4.42. The van der Waals surface area contributed by atoms with Crippen molar-refractivity contribution < 1.29 is 4.74 Å². The number of hydrogen-bond acceptors (Lipinski definition) is 1. The predicted octanol–water partition coefficient (Wildman–Crippen LogP) is 4.37. The fourth-order valence-corrected chi connectivity index (χ4v) is 1.79. The molecule has 2 aromatic rings. The summed E-state index contributed by atoms with van der Waals surface area (Å²) in [5.41, 5.74) is 2.08. The van der Waals surface area contributed by atoms with Crippen LogP contribution >= 0.6 is 0 Å². The minimum Gasteiger partial charge on any atom is -0.360 e. The summed E-state index contributed by atoms with van der Waals surface area (Å²) >= 11 is 0. The number of hydrogen-bond donors (Lipinski definition) is 0. The molecule has 0 heterocycles. The minimum atomic E-state index is -0.198. The molecule has 0 saturated carbocycles. The zero-order valence-corrected chi connectivity index (χ0v) is 11.5. The third-order valence-electron chi connectivity index (χ3n) is 2.83. The first-order chi connectivity index (χ1) is 9.90. The Balaban J connectivity index is 2.15. The summed E-state index contributed by atoms with van der Waals surface area (Å²) in [6.07, 6.45) is 2.49. The van der Waals surface area contributed by atoms with E-state index in [-0.39, 0.29) is 6.10 Å². The van der Waals surface area contributed by atoms with Gasteiger partial charge in [0.2, 0.25) is 0 Å². The van der Waals surface area contributed by atoms with Crippen molar-refractivity contribution in [3.63, 3.8) is 0 Å². The highest BCUT2D eigenvalue weighted by Crippen LogP contribution is 2.16. The normalized spacial score (nSPS) is 11.2. The largest absolute Gasteiger partial charge is 0.360 e. The molecule has 0 radical (unpaired) electrons. The second-order valence-corrected chi connectivity index (χ2v) is 4.37. The van der Waals surface area contributed by atoms with E-state index in [1.54, 1.807) is 0 Å². The average Bonchev–Trinajstić information content (AvgIpc) is 2.52. The van der Waals surface area contributed by atoms with Gasteiger partial charge in [0.1, 0.15) is 6.10 Å². The van der Waals surface area contributed by atoms with Crippen LogP contribution < -0.4 is 0 Å².